The number of aliphatic hydroxyl groups excluding tert-OH is 1. The number of rotatable bonds is 9. The summed E-state index contributed by atoms with van der Waals surface area (Å²) in [6.07, 6.45) is 0.820. The molecule has 8 nitrogen and oxygen atoms in total. The fraction of sp³-hybridized carbons (Fsp3) is 0.241. The van der Waals surface area contributed by atoms with Crippen LogP contribution in [0.5, 0.6) is 23.0 Å². The molecule has 0 spiro atoms. The van der Waals surface area contributed by atoms with E-state index >= 15 is 0 Å². The monoisotopic (exact) mass is 503 g/mol. The molecule has 1 amide bonds. The zero-order valence-corrected chi connectivity index (χ0v) is 21.2. The molecule has 4 rings (SSSR count). The quantitative estimate of drug-likeness (QED) is 0.246. The van der Waals surface area contributed by atoms with Crippen molar-refractivity contribution < 1.29 is 33.6 Å². The smallest absolute Gasteiger partial charge is 0.300 e. The first-order valence-electron chi connectivity index (χ1n) is 11.8. The maximum absolute atomic E-state index is 13.5. The van der Waals surface area contributed by atoms with Crippen molar-refractivity contribution in [2.45, 2.75) is 19.4 Å². The first-order chi connectivity index (χ1) is 17.9. The highest BCUT2D eigenvalue weighted by atomic mass is 16.5. The summed E-state index contributed by atoms with van der Waals surface area (Å²) < 4.78 is 21.9. The van der Waals surface area contributed by atoms with Gasteiger partial charge in [-0.3, -0.25) is 14.5 Å². The molecule has 1 heterocycles. The topological polar surface area (TPSA) is 94.5 Å². The van der Waals surface area contributed by atoms with E-state index in [2.05, 4.69) is 0 Å². The predicted molar refractivity (Wildman–Crippen MR) is 140 cm³/mol. The Morgan fingerprint density at radius 2 is 1.57 bits per heavy atom. The van der Waals surface area contributed by atoms with Gasteiger partial charge in [-0.05, 0) is 54.4 Å². The number of anilines is 1. The van der Waals surface area contributed by atoms with Crippen molar-refractivity contribution in [2.24, 2.45) is 0 Å². The van der Waals surface area contributed by atoms with Crippen LogP contribution in [0.15, 0.2) is 72.3 Å². The van der Waals surface area contributed by atoms with E-state index in [-0.39, 0.29) is 16.9 Å². The van der Waals surface area contributed by atoms with Crippen LogP contribution < -0.4 is 23.8 Å². The van der Waals surface area contributed by atoms with Crippen LogP contribution in [0.25, 0.3) is 5.76 Å². The first-order valence-corrected chi connectivity index (χ1v) is 11.8. The molecule has 1 N–H and O–H groups in total. The van der Waals surface area contributed by atoms with Crippen LogP contribution in [0.1, 0.15) is 30.5 Å². The van der Waals surface area contributed by atoms with Gasteiger partial charge >= 0.3 is 0 Å². The largest absolute Gasteiger partial charge is 0.507 e. The summed E-state index contributed by atoms with van der Waals surface area (Å²) in [6, 6.07) is 17.9. The molecule has 0 bridgehead atoms. The molecule has 1 aliphatic rings. The number of benzene rings is 3. The SMILES string of the molecule is CCCOc1cccc(N2C(=O)C(=O)/C(=C(/O)c3cc(OC)ccc3OC)C2c2cccc(OC)c2)c1. The molecule has 3 aromatic carbocycles. The van der Waals surface area contributed by atoms with Crippen molar-refractivity contribution in [2.75, 3.05) is 32.8 Å². The van der Waals surface area contributed by atoms with Crippen LogP contribution in [-0.2, 0) is 9.59 Å². The molecule has 1 atom stereocenters. The van der Waals surface area contributed by atoms with Crippen molar-refractivity contribution in [3.63, 3.8) is 0 Å². The molecule has 0 aliphatic carbocycles. The number of amides is 1. The minimum absolute atomic E-state index is 0.0790. The first kappa shape index (κ1) is 25.6. The number of carbonyl (C=O) groups excluding carboxylic acids is 2. The Labute approximate surface area is 215 Å². The maximum Gasteiger partial charge on any atom is 0.300 e. The van der Waals surface area contributed by atoms with E-state index < -0.39 is 17.7 Å². The second-order valence-electron chi connectivity index (χ2n) is 8.36. The second-order valence-corrected chi connectivity index (χ2v) is 8.36. The Morgan fingerprint density at radius 3 is 2.27 bits per heavy atom. The normalized spacial score (nSPS) is 16.5. The van der Waals surface area contributed by atoms with Crippen LogP contribution in [0, 0.1) is 0 Å². The molecule has 0 saturated carbocycles. The number of ketones is 1. The van der Waals surface area contributed by atoms with Gasteiger partial charge in [-0.1, -0.05) is 25.1 Å². The second kappa shape index (κ2) is 11.1. The van der Waals surface area contributed by atoms with Crippen molar-refractivity contribution in [1.29, 1.82) is 0 Å². The van der Waals surface area contributed by atoms with Gasteiger partial charge in [0.05, 0.1) is 45.1 Å². The van der Waals surface area contributed by atoms with Gasteiger partial charge in [-0.25, -0.2) is 0 Å². The van der Waals surface area contributed by atoms with Crippen LogP contribution in [-0.4, -0.2) is 44.7 Å². The molecule has 192 valence electrons. The summed E-state index contributed by atoms with van der Waals surface area (Å²) in [6.45, 7) is 2.51. The van der Waals surface area contributed by atoms with E-state index in [9.17, 15) is 14.7 Å². The molecule has 1 unspecified atom stereocenters. The Kier molecular flexibility index (Phi) is 7.67. The number of hydrogen-bond donors (Lipinski definition) is 1. The van der Waals surface area contributed by atoms with Gasteiger partial charge in [-0.2, -0.15) is 0 Å². The molecule has 3 aromatic rings. The molecule has 1 aliphatic heterocycles. The van der Waals surface area contributed by atoms with E-state index in [0.717, 1.165) is 6.42 Å². The lowest BCUT2D eigenvalue weighted by molar-refractivity contribution is -0.132. The average molecular weight is 504 g/mol. The van der Waals surface area contributed by atoms with Crippen LogP contribution in [0.2, 0.25) is 0 Å². The average Bonchev–Trinajstić information content (AvgIpc) is 3.21. The van der Waals surface area contributed by atoms with Gasteiger partial charge in [0, 0.05) is 11.8 Å². The van der Waals surface area contributed by atoms with Gasteiger partial charge in [0.25, 0.3) is 11.7 Å². The van der Waals surface area contributed by atoms with Gasteiger partial charge in [-0.15, -0.1) is 0 Å². The Bertz CT molecular complexity index is 1350. The number of nitrogens with zero attached hydrogens (tertiary/aromatic N) is 1. The number of ether oxygens (including phenoxy) is 4. The van der Waals surface area contributed by atoms with Crippen LogP contribution in [0.4, 0.5) is 5.69 Å². The molecule has 8 heteroatoms. The lowest BCUT2D eigenvalue weighted by atomic mass is 9.94. The fourth-order valence-electron chi connectivity index (χ4n) is 4.31. The van der Waals surface area contributed by atoms with E-state index in [1.807, 2.05) is 6.92 Å². The summed E-state index contributed by atoms with van der Waals surface area (Å²) in [4.78, 5) is 28.4. The predicted octanol–water partition coefficient (Wildman–Crippen LogP) is 5.13. The third kappa shape index (κ3) is 4.95. The zero-order valence-electron chi connectivity index (χ0n) is 21.2. The van der Waals surface area contributed by atoms with E-state index in [0.29, 0.717) is 40.9 Å². The lowest BCUT2D eigenvalue weighted by Crippen LogP contribution is -2.29. The Morgan fingerprint density at radius 1 is 0.865 bits per heavy atom. The molecule has 0 aromatic heterocycles. The highest BCUT2D eigenvalue weighted by Gasteiger charge is 2.47. The Hall–Kier alpha value is -4.46. The van der Waals surface area contributed by atoms with Gasteiger partial charge in [0.2, 0.25) is 0 Å². The summed E-state index contributed by atoms with van der Waals surface area (Å²) in [7, 11) is 4.48. The fourth-order valence-corrected chi connectivity index (χ4v) is 4.31. The van der Waals surface area contributed by atoms with Gasteiger partial charge in [0.15, 0.2) is 0 Å². The van der Waals surface area contributed by atoms with Crippen molar-refractivity contribution in [3.8, 4) is 23.0 Å². The summed E-state index contributed by atoms with van der Waals surface area (Å²) >= 11 is 0. The number of Topliss-reactive ketones (excluding diaryl/α,β-unsaturated/α-hetero) is 1. The van der Waals surface area contributed by atoms with Crippen LogP contribution >= 0.6 is 0 Å². The molecule has 0 radical (unpaired) electrons. The summed E-state index contributed by atoms with van der Waals surface area (Å²) in [5, 5.41) is 11.5. The number of hydrogen-bond acceptors (Lipinski definition) is 7. The standard InChI is InChI=1S/C29H29NO7/c1-5-14-37-22-11-7-9-19(16-22)30-26(18-8-6-10-20(15-18)34-2)25(28(32)29(30)33)27(31)23-17-21(35-3)12-13-24(23)36-4/h6-13,15-17,26,31H,5,14H2,1-4H3/b27-25+. The molecule has 37 heavy (non-hydrogen) atoms. The van der Waals surface area contributed by atoms with Gasteiger partial charge in [0.1, 0.15) is 28.8 Å². The third-order valence-electron chi connectivity index (χ3n) is 6.08. The third-order valence-corrected chi connectivity index (χ3v) is 6.08. The van der Waals surface area contributed by atoms with E-state index in [4.69, 9.17) is 18.9 Å². The summed E-state index contributed by atoms with van der Waals surface area (Å²) in [5.41, 5.74) is 1.19. The minimum atomic E-state index is -0.938. The molecule has 1 saturated heterocycles. The van der Waals surface area contributed by atoms with Crippen LogP contribution in [0.3, 0.4) is 0 Å². The number of carbonyl (C=O) groups is 2. The van der Waals surface area contributed by atoms with Gasteiger partial charge < -0.3 is 24.1 Å². The molecular weight excluding hydrogens is 474 g/mol. The lowest BCUT2D eigenvalue weighted by Gasteiger charge is -2.26. The number of aliphatic hydroxyl groups is 1. The Balaban J connectivity index is 1.95. The maximum atomic E-state index is 13.5. The molecular formula is C29H29NO7. The summed E-state index contributed by atoms with van der Waals surface area (Å²) in [5.74, 6) is -0.0805. The minimum Gasteiger partial charge on any atom is -0.507 e. The van der Waals surface area contributed by atoms with Crippen molar-refractivity contribution in [1.82, 2.24) is 0 Å². The zero-order chi connectivity index (χ0) is 26.5. The van der Waals surface area contributed by atoms with E-state index in [1.165, 1.54) is 26.2 Å². The van der Waals surface area contributed by atoms with Crippen molar-refractivity contribution in [3.05, 3.63) is 83.4 Å². The highest BCUT2D eigenvalue weighted by molar-refractivity contribution is 6.51. The highest BCUT2D eigenvalue weighted by Crippen LogP contribution is 2.44. The molecule has 1 fully saturated rings. The number of methoxy groups -OCH3 is 3. The van der Waals surface area contributed by atoms with Crippen molar-refractivity contribution >= 4 is 23.1 Å². The van der Waals surface area contributed by atoms with E-state index in [1.54, 1.807) is 66.7 Å².